The molecule has 1 aromatic carbocycles. The molecule has 0 aliphatic heterocycles. The molecule has 2 rings (SSSR count). The zero-order valence-electron chi connectivity index (χ0n) is 10.8. The van der Waals surface area contributed by atoms with E-state index >= 15 is 0 Å². The third-order valence-electron chi connectivity index (χ3n) is 2.76. The Kier molecular flexibility index (Phi) is 3.85. The molecule has 1 heterocycles. The lowest BCUT2D eigenvalue weighted by molar-refractivity contribution is 0.122. The van der Waals surface area contributed by atoms with Crippen LogP contribution in [0, 0.1) is 0 Å². The minimum absolute atomic E-state index is 0.417. The van der Waals surface area contributed by atoms with Crippen LogP contribution in [0.1, 0.15) is 0 Å². The van der Waals surface area contributed by atoms with Gasteiger partial charge in [-0.25, -0.2) is 8.78 Å². The molecule has 0 aliphatic rings. The summed E-state index contributed by atoms with van der Waals surface area (Å²) in [5, 5.41) is 4.66. The van der Waals surface area contributed by atoms with Crippen molar-refractivity contribution in [1.29, 1.82) is 0 Å². The van der Waals surface area contributed by atoms with Gasteiger partial charge in [-0.05, 0) is 25.0 Å². The molecular formula is C13H15F2N2OP. The Balaban J connectivity index is 2.32. The van der Waals surface area contributed by atoms with Gasteiger partial charge in [-0.1, -0.05) is 18.2 Å². The van der Waals surface area contributed by atoms with Crippen molar-refractivity contribution in [3.63, 3.8) is 0 Å². The molecular weight excluding hydrogens is 269 g/mol. The van der Waals surface area contributed by atoms with Gasteiger partial charge in [-0.2, -0.15) is 5.10 Å². The second-order valence-corrected chi connectivity index (χ2v) is 7.96. The van der Waals surface area contributed by atoms with Gasteiger partial charge in [0.2, 0.25) is 0 Å². The summed E-state index contributed by atoms with van der Waals surface area (Å²) >= 11 is 0. The predicted octanol–water partition coefficient (Wildman–Crippen LogP) is 3.06. The molecule has 6 heteroatoms. The van der Waals surface area contributed by atoms with Crippen molar-refractivity contribution in [2.45, 2.75) is 13.0 Å². The van der Waals surface area contributed by atoms with Gasteiger partial charge in [-0.15, -0.1) is 0 Å². The highest BCUT2D eigenvalue weighted by Crippen LogP contribution is 2.35. The van der Waals surface area contributed by atoms with Gasteiger partial charge in [0.1, 0.15) is 13.7 Å². The number of alkyl halides is 2. The van der Waals surface area contributed by atoms with Gasteiger partial charge < -0.3 is 4.57 Å². The van der Waals surface area contributed by atoms with Crippen LogP contribution in [-0.4, -0.2) is 29.5 Å². The summed E-state index contributed by atoms with van der Waals surface area (Å²) in [5.41, 5.74) is 1.58. The van der Waals surface area contributed by atoms with Crippen LogP contribution < -0.4 is 5.30 Å². The zero-order chi connectivity index (χ0) is 14.0. The topological polar surface area (TPSA) is 34.9 Å². The summed E-state index contributed by atoms with van der Waals surface area (Å²) in [6.45, 7) is 2.98. The molecule has 0 fully saturated rings. The monoisotopic (exact) mass is 284 g/mol. The van der Waals surface area contributed by atoms with Crippen molar-refractivity contribution in [2.24, 2.45) is 0 Å². The third kappa shape index (κ3) is 3.51. The predicted molar refractivity (Wildman–Crippen MR) is 72.8 cm³/mol. The first-order chi connectivity index (χ1) is 8.86. The van der Waals surface area contributed by atoms with E-state index in [2.05, 4.69) is 5.10 Å². The van der Waals surface area contributed by atoms with E-state index in [0.717, 1.165) is 16.4 Å². The van der Waals surface area contributed by atoms with Crippen LogP contribution in [0.3, 0.4) is 0 Å². The highest BCUT2D eigenvalue weighted by atomic mass is 31.2. The maximum atomic E-state index is 12.3. The van der Waals surface area contributed by atoms with Crippen LogP contribution in [-0.2, 0) is 11.1 Å². The van der Waals surface area contributed by atoms with E-state index in [4.69, 9.17) is 0 Å². The summed E-state index contributed by atoms with van der Waals surface area (Å²) in [6.07, 6.45) is 0.685. The minimum atomic E-state index is -2.43. The summed E-state index contributed by atoms with van der Waals surface area (Å²) in [7, 11) is -2.33. The van der Waals surface area contributed by atoms with Crippen molar-refractivity contribution >= 4 is 12.4 Å². The van der Waals surface area contributed by atoms with Crippen LogP contribution in [0.4, 0.5) is 8.78 Å². The second-order valence-electron chi connectivity index (χ2n) is 4.74. The summed E-state index contributed by atoms with van der Waals surface area (Å²) in [6, 6.07) is 7.30. The van der Waals surface area contributed by atoms with Gasteiger partial charge in [0.15, 0.2) is 0 Å². The molecule has 3 nitrogen and oxygen atoms in total. The maximum Gasteiger partial charge on any atom is 0.257 e. The Labute approximate surface area is 110 Å². The molecule has 0 N–H and O–H groups in total. The van der Waals surface area contributed by atoms with Crippen LogP contribution in [0.15, 0.2) is 36.7 Å². The number of hydrogen-bond acceptors (Lipinski definition) is 2. The summed E-state index contributed by atoms with van der Waals surface area (Å²) < 4.78 is 37.8. The largest absolute Gasteiger partial charge is 0.319 e. The molecule has 2 aromatic rings. The SMILES string of the molecule is CP(C)(=O)c1cccc(-c2cnn(CC(F)F)c2)c1. The molecule has 0 atom stereocenters. The van der Waals surface area contributed by atoms with E-state index in [1.165, 1.54) is 10.9 Å². The Morgan fingerprint density at radius 3 is 2.68 bits per heavy atom. The minimum Gasteiger partial charge on any atom is -0.319 e. The first-order valence-electron chi connectivity index (χ1n) is 5.83. The molecule has 0 saturated heterocycles. The van der Waals surface area contributed by atoms with Gasteiger partial charge in [-0.3, -0.25) is 4.68 Å². The quantitative estimate of drug-likeness (QED) is 0.809. The molecule has 1 aromatic heterocycles. The van der Waals surface area contributed by atoms with Crippen molar-refractivity contribution in [1.82, 2.24) is 9.78 Å². The fourth-order valence-corrected chi connectivity index (χ4v) is 2.67. The maximum absolute atomic E-state index is 12.3. The number of nitrogens with zero attached hydrogens (tertiary/aromatic N) is 2. The molecule has 0 radical (unpaired) electrons. The van der Waals surface area contributed by atoms with Crippen molar-refractivity contribution < 1.29 is 13.3 Å². The molecule has 102 valence electrons. The Hall–Kier alpha value is -1.48. The molecule has 0 unspecified atom stereocenters. The van der Waals surface area contributed by atoms with E-state index in [1.807, 2.05) is 24.3 Å². The number of hydrogen-bond donors (Lipinski definition) is 0. The molecule has 19 heavy (non-hydrogen) atoms. The molecule has 0 amide bonds. The summed E-state index contributed by atoms with van der Waals surface area (Å²) in [4.78, 5) is 0. The van der Waals surface area contributed by atoms with E-state index in [1.54, 1.807) is 19.5 Å². The van der Waals surface area contributed by atoms with Crippen LogP contribution >= 0.6 is 7.14 Å². The Morgan fingerprint density at radius 2 is 2.05 bits per heavy atom. The van der Waals surface area contributed by atoms with E-state index in [9.17, 15) is 13.3 Å². The molecule has 0 spiro atoms. The van der Waals surface area contributed by atoms with Gasteiger partial charge in [0.25, 0.3) is 6.43 Å². The molecule has 0 aliphatic carbocycles. The lowest BCUT2D eigenvalue weighted by Crippen LogP contribution is -2.06. The second kappa shape index (κ2) is 5.25. The Morgan fingerprint density at radius 1 is 1.32 bits per heavy atom. The van der Waals surface area contributed by atoms with Crippen LogP contribution in [0.2, 0.25) is 0 Å². The van der Waals surface area contributed by atoms with Crippen molar-refractivity contribution in [2.75, 3.05) is 13.3 Å². The zero-order valence-corrected chi connectivity index (χ0v) is 11.6. The highest BCUT2D eigenvalue weighted by Gasteiger charge is 2.12. The van der Waals surface area contributed by atoms with Crippen molar-refractivity contribution in [3.8, 4) is 11.1 Å². The first-order valence-corrected chi connectivity index (χ1v) is 8.43. The standard InChI is InChI=1S/C13H15F2N2OP/c1-19(2,18)12-5-3-4-10(6-12)11-7-16-17(8-11)9-13(14)15/h3-8,13H,9H2,1-2H3. The van der Waals surface area contributed by atoms with E-state index < -0.39 is 20.1 Å². The van der Waals surface area contributed by atoms with Gasteiger partial charge in [0.05, 0.1) is 6.20 Å². The number of rotatable bonds is 4. The Bertz CT molecular complexity index is 619. The molecule has 0 bridgehead atoms. The number of halogens is 2. The fourth-order valence-electron chi connectivity index (χ4n) is 1.77. The molecule has 0 saturated carbocycles. The van der Waals surface area contributed by atoms with E-state index in [0.29, 0.717) is 0 Å². The summed E-state index contributed by atoms with van der Waals surface area (Å²) in [5.74, 6) is 0. The number of benzene rings is 1. The average molecular weight is 284 g/mol. The fraction of sp³-hybridized carbons (Fsp3) is 0.308. The normalized spacial score (nSPS) is 12.1. The highest BCUT2D eigenvalue weighted by molar-refractivity contribution is 7.70. The lowest BCUT2D eigenvalue weighted by Gasteiger charge is -2.08. The smallest absolute Gasteiger partial charge is 0.257 e. The lowest BCUT2D eigenvalue weighted by atomic mass is 10.1. The third-order valence-corrected chi connectivity index (χ3v) is 4.28. The number of aromatic nitrogens is 2. The van der Waals surface area contributed by atoms with Crippen molar-refractivity contribution in [3.05, 3.63) is 36.7 Å². The first kappa shape index (κ1) is 13.9. The van der Waals surface area contributed by atoms with Gasteiger partial charge in [0, 0.05) is 17.1 Å². The van der Waals surface area contributed by atoms with Crippen LogP contribution in [0.25, 0.3) is 11.1 Å². The van der Waals surface area contributed by atoms with E-state index in [-0.39, 0.29) is 0 Å². The van der Waals surface area contributed by atoms with Crippen LogP contribution in [0.5, 0.6) is 0 Å². The van der Waals surface area contributed by atoms with Gasteiger partial charge >= 0.3 is 0 Å². The average Bonchev–Trinajstić information content (AvgIpc) is 2.76.